The minimum Gasteiger partial charge on any atom is -0.327 e. The quantitative estimate of drug-likeness (QED) is 0.673. The average Bonchev–Trinajstić information content (AvgIpc) is 2.06. The first-order chi connectivity index (χ1) is 5.70. The van der Waals surface area contributed by atoms with Crippen LogP contribution in [-0.4, -0.2) is 18.6 Å². The first-order valence-corrected chi connectivity index (χ1v) is 5.19. The lowest BCUT2D eigenvalue weighted by molar-refractivity contribution is 0.331. The third-order valence-corrected chi connectivity index (χ3v) is 2.83. The second-order valence-corrected chi connectivity index (χ2v) is 4.29. The van der Waals surface area contributed by atoms with Gasteiger partial charge in [-0.3, -0.25) is 0 Å². The van der Waals surface area contributed by atoms with Gasteiger partial charge in [0.25, 0.3) is 0 Å². The maximum Gasteiger partial charge on any atom is 0.00819 e. The average molecular weight is 170 g/mol. The van der Waals surface area contributed by atoms with E-state index >= 15 is 0 Å². The fraction of sp³-hybridized carbons (Fsp3) is 1.00. The molecule has 0 spiro atoms. The molecule has 0 saturated carbocycles. The largest absolute Gasteiger partial charge is 0.327 e. The molecule has 2 nitrogen and oxygen atoms in total. The SMILES string of the molecule is CC(C)C(N)CC1CCCCN1. The van der Waals surface area contributed by atoms with Gasteiger partial charge in [-0.15, -0.1) is 0 Å². The highest BCUT2D eigenvalue weighted by Gasteiger charge is 2.17. The van der Waals surface area contributed by atoms with Gasteiger partial charge in [0, 0.05) is 12.1 Å². The van der Waals surface area contributed by atoms with E-state index in [-0.39, 0.29) is 0 Å². The zero-order valence-electron chi connectivity index (χ0n) is 8.34. The maximum absolute atomic E-state index is 6.01. The molecule has 1 heterocycles. The zero-order chi connectivity index (χ0) is 8.97. The molecule has 0 aromatic rings. The standard InChI is InChI=1S/C10H22N2/c1-8(2)10(11)7-9-5-3-4-6-12-9/h8-10,12H,3-7,11H2,1-2H3. The molecule has 1 saturated heterocycles. The summed E-state index contributed by atoms with van der Waals surface area (Å²) in [6, 6.07) is 1.07. The van der Waals surface area contributed by atoms with Crippen molar-refractivity contribution in [1.82, 2.24) is 5.32 Å². The Hall–Kier alpha value is -0.0800. The van der Waals surface area contributed by atoms with Gasteiger partial charge < -0.3 is 11.1 Å². The minimum absolute atomic E-state index is 0.376. The van der Waals surface area contributed by atoms with E-state index in [1.165, 1.54) is 25.8 Å². The van der Waals surface area contributed by atoms with Crippen molar-refractivity contribution in [3.63, 3.8) is 0 Å². The molecular weight excluding hydrogens is 148 g/mol. The van der Waals surface area contributed by atoms with Crippen molar-refractivity contribution in [2.75, 3.05) is 6.54 Å². The molecule has 1 fully saturated rings. The first-order valence-electron chi connectivity index (χ1n) is 5.19. The third kappa shape index (κ3) is 3.11. The van der Waals surface area contributed by atoms with Crippen molar-refractivity contribution in [3.8, 4) is 0 Å². The van der Waals surface area contributed by atoms with Crippen LogP contribution < -0.4 is 11.1 Å². The summed E-state index contributed by atoms with van der Waals surface area (Å²) in [5.74, 6) is 0.619. The minimum atomic E-state index is 0.376. The van der Waals surface area contributed by atoms with Crippen molar-refractivity contribution in [2.24, 2.45) is 11.7 Å². The van der Waals surface area contributed by atoms with Crippen LogP contribution in [0.15, 0.2) is 0 Å². The Morgan fingerprint density at radius 3 is 2.67 bits per heavy atom. The van der Waals surface area contributed by atoms with Crippen molar-refractivity contribution in [2.45, 2.75) is 51.6 Å². The van der Waals surface area contributed by atoms with E-state index in [2.05, 4.69) is 19.2 Å². The van der Waals surface area contributed by atoms with Gasteiger partial charge in [0.1, 0.15) is 0 Å². The highest BCUT2D eigenvalue weighted by molar-refractivity contribution is 4.78. The Morgan fingerprint density at radius 1 is 1.42 bits per heavy atom. The molecule has 2 heteroatoms. The Labute approximate surface area is 75.9 Å². The molecule has 72 valence electrons. The fourth-order valence-corrected chi connectivity index (χ4v) is 1.73. The molecule has 2 unspecified atom stereocenters. The smallest absolute Gasteiger partial charge is 0.00819 e. The summed E-state index contributed by atoms with van der Waals surface area (Å²) in [7, 11) is 0. The summed E-state index contributed by atoms with van der Waals surface area (Å²) >= 11 is 0. The lowest BCUT2D eigenvalue weighted by Gasteiger charge is -2.27. The van der Waals surface area contributed by atoms with E-state index in [0.717, 1.165) is 6.42 Å². The van der Waals surface area contributed by atoms with Crippen LogP contribution in [0, 0.1) is 5.92 Å². The Balaban J connectivity index is 2.20. The van der Waals surface area contributed by atoms with Crippen LogP contribution in [0.4, 0.5) is 0 Å². The molecule has 0 amide bonds. The van der Waals surface area contributed by atoms with E-state index in [0.29, 0.717) is 18.0 Å². The third-order valence-electron chi connectivity index (χ3n) is 2.83. The van der Waals surface area contributed by atoms with Gasteiger partial charge in [-0.05, 0) is 31.7 Å². The number of rotatable bonds is 3. The summed E-state index contributed by atoms with van der Waals surface area (Å²) in [6.07, 6.45) is 5.19. The Bertz CT molecular complexity index is 117. The van der Waals surface area contributed by atoms with Crippen LogP contribution in [0.2, 0.25) is 0 Å². The molecule has 0 radical (unpaired) electrons. The highest BCUT2D eigenvalue weighted by Crippen LogP contribution is 2.14. The van der Waals surface area contributed by atoms with Crippen molar-refractivity contribution in [3.05, 3.63) is 0 Å². The maximum atomic E-state index is 6.01. The van der Waals surface area contributed by atoms with Gasteiger partial charge in [0.2, 0.25) is 0 Å². The van der Waals surface area contributed by atoms with Crippen LogP contribution in [0.1, 0.15) is 39.5 Å². The molecular formula is C10H22N2. The van der Waals surface area contributed by atoms with E-state index in [4.69, 9.17) is 5.73 Å². The molecule has 2 atom stereocenters. The molecule has 1 aliphatic heterocycles. The van der Waals surface area contributed by atoms with E-state index in [1.54, 1.807) is 0 Å². The lowest BCUT2D eigenvalue weighted by atomic mass is 9.93. The van der Waals surface area contributed by atoms with Crippen LogP contribution in [0.25, 0.3) is 0 Å². The summed E-state index contributed by atoms with van der Waals surface area (Å²) < 4.78 is 0. The van der Waals surface area contributed by atoms with E-state index in [9.17, 15) is 0 Å². The molecule has 3 N–H and O–H groups in total. The van der Waals surface area contributed by atoms with Crippen LogP contribution in [0.3, 0.4) is 0 Å². The predicted octanol–water partition coefficient (Wildman–Crippen LogP) is 1.50. The summed E-state index contributed by atoms with van der Waals surface area (Å²) in [6.45, 7) is 5.59. The second-order valence-electron chi connectivity index (χ2n) is 4.29. The fourth-order valence-electron chi connectivity index (χ4n) is 1.73. The summed E-state index contributed by atoms with van der Waals surface area (Å²) in [5, 5.41) is 3.52. The molecule has 0 aliphatic carbocycles. The zero-order valence-corrected chi connectivity index (χ0v) is 8.34. The van der Waals surface area contributed by atoms with Crippen molar-refractivity contribution < 1.29 is 0 Å². The number of nitrogens with one attached hydrogen (secondary N) is 1. The van der Waals surface area contributed by atoms with E-state index in [1.807, 2.05) is 0 Å². The number of hydrogen-bond acceptors (Lipinski definition) is 2. The Morgan fingerprint density at radius 2 is 2.17 bits per heavy atom. The molecule has 0 bridgehead atoms. The van der Waals surface area contributed by atoms with Gasteiger partial charge >= 0.3 is 0 Å². The highest BCUT2D eigenvalue weighted by atomic mass is 14.9. The van der Waals surface area contributed by atoms with Gasteiger partial charge in [-0.2, -0.15) is 0 Å². The van der Waals surface area contributed by atoms with Gasteiger partial charge in [-0.1, -0.05) is 20.3 Å². The molecule has 0 aromatic heterocycles. The molecule has 1 aliphatic rings. The van der Waals surface area contributed by atoms with Crippen molar-refractivity contribution in [1.29, 1.82) is 0 Å². The summed E-state index contributed by atoms with van der Waals surface area (Å²) in [5.41, 5.74) is 6.01. The van der Waals surface area contributed by atoms with E-state index < -0.39 is 0 Å². The monoisotopic (exact) mass is 170 g/mol. The van der Waals surface area contributed by atoms with Crippen molar-refractivity contribution >= 4 is 0 Å². The molecule has 0 aromatic carbocycles. The van der Waals surface area contributed by atoms with Crippen LogP contribution in [-0.2, 0) is 0 Å². The van der Waals surface area contributed by atoms with Gasteiger partial charge in [-0.25, -0.2) is 0 Å². The topological polar surface area (TPSA) is 38.0 Å². The lowest BCUT2D eigenvalue weighted by Crippen LogP contribution is -2.40. The van der Waals surface area contributed by atoms with Crippen LogP contribution in [0.5, 0.6) is 0 Å². The van der Waals surface area contributed by atoms with Gasteiger partial charge in [0.05, 0.1) is 0 Å². The number of piperidine rings is 1. The summed E-state index contributed by atoms with van der Waals surface area (Å²) in [4.78, 5) is 0. The van der Waals surface area contributed by atoms with Crippen LogP contribution >= 0.6 is 0 Å². The predicted molar refractivity (Wildman–Crippen MR) is 53.1 cm³/mol. The first kappa shape index (κ1) is 10.0. The normalized spacial score (nSPS) is 27.5. The second kappa shape index (κ2) is 4.83. The molecule has 12 heavy (non-hydrogen) atoms. The number of hydrogen-bond donors (Lipinski definition) is 2. The van der Waals surface area contributed by atoms with Gasteiger partial charge in [0.15, 0.2) is 0 Å². The molecule has 1 rings (SSSR count). The number of nitrogens with two attached hydrogens (primary N) is 1. The Kier molecular flexibility index (Phi) is 4.02.